The van der Waals surface area contributed by atoms with Gasteiger partial charge in [0.1, 0.15) is 13.2 Å². The number of carbonyl (C=O) groups excluding carboxylic acids is 3. The van der Waals surface area contributed by atoms with Crippen molar-refractivity contribution >= 4 is 17.9 Å². The molecule has 0 N–H and O–H groups in total. The molecule has 0 aromatic rings. The molecular weight excluding hydrogens is 805 g/mol. The average molecular weight is 897 g/mol. The van der Waals surface area contributed by atoms with Gasteiger partial charge in [-0.1, -0.05) is 193 Å². The maximum atomic E-state index is 12.8. The molecule has 6 nitrogen and oxygen atoms in total. The van der Waals surface area contributed by atoms with Crippen molar-refractivity contribution in [2.75, 3.05) is 13.2 Å². The normalized spacial score (nSPS) is 13.2. The summed E-state index contributed by atoms with van der Waals surface area (Å²) in [6.45, 7) is 6.26. The summed E-state index contributed by atoms with van der Waals surface area (Å²) in [7, 11) is 0. The van der Waals surface area contributed by atoms with E-state index in [1.54, 1.807) is 0 Å². The average Bonchev–Trinajstić information content (AvgIpc) is 3.30. The minimum Gasteiger partial charge on any atom is -0.462 e. The summed E-state index contributed by atoms with van der Waals surface area (Å²) in [5.74, 6) is -1.08. The Hall–Kier alpha value is -4.45. The zero-order valence-corrected chi connectivity index (χ0v) is 41.4. The second kappa shape index (κ2) is 52.2. The van der Waals surface area contributed by atoms with E-state index in [0.717, 1.165) is 109 Å². The van der Waals surface area contributed by atoms with Crippen LogP contribution in [0.1, 0.15) is 201 Å². The SMILES string of the molecule is CC/C=C\C/C=C\C/C=C\C/C=C\C/C=C\C/C=C\CCC(=O)O[C@H](COC(=O)CCCC/C=C\C/C=C\C/C=C\C/C=C\CC)COC(=O)CCCCCCC/C=C\CCCCCC. The first-order valence-electron chi connectivity index (χ1n) is 25.7. The van der Waals surface area contributed by atoms with Crippen molar-refractivity contribution in [3.63, 3.8) is 0 Å². The smallest absolute Gasteiger partial charge is 0.306 e. The number of hydrogen-bond acceptors (Lipinski definition) is 6. The quantitative estimate of drug-likeness (QED) is 0.0262. The molecule has 0 aromatic carbocycles. The zero-order valence-electron chi connectivity index (χ0n) is 41.4. The molecule has 6 heteroatoms. The van der Waals surface area contributed by atoms with E-state index in [9.17, 15) is 14.4 Å². The first-order valence-corrected chi connectivity index (χ1v) is 25.7. The summed E-state index contributed by atoms with van der Waals surface area (Å²) >= 11 is 0. The van der Waals surface area contributed by atoms with Crippen LogP contribution >= 0.6 is 0 Å². The van der Waals surface area contributed by atoms with Crippen LogP contribution in [0.15, 0.2) is 134 Å². The summed E-state index contributed by atoms with van der Waals surface area (Å²) in [5, 5.41) is 0. The van der Waals surface area contributed by atoms with Crippen LogP contribution in [0.5, 0.6) is 0 Å². The fraction of sp³-hybridized carbons (Fsp3) is 0.576. The Kier molecular flexibility index (Phi) is 48.6. The molecule has 0 unspecified atom stereocenters. The van der Waals surface area contributed by atoms with Crippen molar-refractivity contribution in [2.24, 2.45) is 0 Å². The number of unbranched alkanes of at least 4 members (excludes halogenated alkanes) is 11. The Bertz CT molecular complexity index is 1450. The number of hydrogen-bond donors (Lipinski definition) is 0. The molecule has 0 amide bonds. The van der Waals surface area contributed by atoms with Crippen molar-refractivity contribution in [2.45, 2.75) is 207 Å². The lowest BCUT2D eigenvalue weighted by Gasteiger charge is -2.18. The zero-order chi connectivity index (χ0) is 47.2. The van der Waals surface area contributed by atoms with Crippen molar-refractivity contribution < 1.29 is 28.6 Å². The predicted molar refractivity (Wildman–Crippen MR) is 279 cm³/mol. The number of allylic oxidation sites excluding steroid dienone is 22. The van der Waals surface area contributed by atoms with Gasteiger partial charge < -0.3 is 14.2 Å². The molecular formula is C59H92O6. The van der Waals surface area contributed by atoms with E-state index in [4.69, 9.17) is 14.2 Å². The Morgan fingerprint density at radius 2 is 0.631 bits per heavy atom. The molecule has 0 aliphatic carbocycles. The van der Waals surface area contributed by atoms with Crippen LogP contribution in [-0.4, -0.2) is 37.2 Å². The lowest BCUT2D eigenvalue weighted by atomic mass is 10.1. The summed E-state index contributed by atoms with van der Waals surface area (Å²) < 4.78 is 16.7. The van der Waals surface area contributed by atoms with E-state index in [0.29, 0.717) is 19.3 Å². The molecule has 0 aliphatic rings. The minimum atomic E-state index is -0.843. The van der Waals surface area contributed by atoms with Crippen molar-refractivity contribution in [1.82, 2.24) is 0 Å². The van der Waals surface area contributed by atoms with Gasteiger partial charge in [-0.3, -0.25) is 14.4 Å². The first-order chi connectivity index (χ1) is 32.0. The summed E-state index contributed by atoms with van der Waals surface area (Å²) in [6.07, 6.45) is 73.0. The maximum absolute atomic E-state index is 12.8. The molecule has 0 aliphatic heterocycles. The lowest BCUT2D eigenvalue weighted by Crippen LogP contribution is -2.30. The van der Waals surface area contributed by atoms with Crippen LogP contribution in [0.2, 0.25) is 0 Å². The third-order valence-corrected chi connectivity index (χ3v) is 10.1. The van der Waals surface area contributed by atoms with Gasteiger partial charge >= 0.3 is 17.9 Å². The predicted octanol–water partition coefficient (Wildman–Crippen LogP) is 17.1. The highest BCUT2D eigenvalue weighted by molar-refractivity contribution is 5.71. The lowest BCUT2D eigenvalue weighted by molar-refractivity contribution is -0.166. The van der Waals surface area contributed by atoms with Crippen LogP contribution < -0.4 is 0 Å². The molecule has 364 valence electrons. The third kappa shape index (κ3) is 50.4. The van der Waals surface area contributed by atoms with Gasteiger partial charge in [0, 0.05) is 19.3 Å². The van der Waals surface area contributed by atoms with Crippen LogP contribution in [0, 0.1) is 0 Å². The molecule has 65 heavy (non-hydrogen) atoms. The molecule has 0 saturated heterocycles. The first kappa shape index (κ1) is 60.6. The highest BCUT2D eigenvalue weighted by atomic mass is 16.6. The minimum absolute atomic E-state index is 0.131. The highest BCUT2D eigenvalue weighted by Gasteiger charge is 2.19. The number of carbonyl (C=O) groups is 3. The number of esters is 3. The Balaban J connectivity index is 4.62. The fourth-order valence-corrected chi connectivity index (χ4v) is 6.33. The van der Waals surface area contributed by atoms with E-state index in [1.165, 1.54) is 38.5 Å². The van der Waals surface area contributed by atoms with Gasteiger partial charge in [0.05, 0.1) is 0 Å². The van der Waals surface area contributed by atoms with Crippen LogP contribution in [-0.2, 0) is 28.6 Å². The molecule has 0 aromatic heterocycles. The topological polar surface area (TPSA) is 78.9 Å². The summed E-state index contributed by atoms with van der Waals surface area (Å²) in [6, 6.07) is 0. The van der Waals surface area contributed by atoms with E-state index in [-0.39, 0.29) is 38.0 Å². The standard InChI is InChI=1S/C59H92O6/c1-4-7-10-13-16-19-22-25-27-28-29-30-32-35-38-41-44-47-50-53-59(62)65-56(54-63-57(60)51-48-45-42-39-36-33-24-21-18-15-12-9-6-3)55-64-58(61)52-49-46-43-40-37-34-31-26-23-20-17-14-11-8-5-2/h7-8,10-11,16-17,19-21,24-27,29-31,35,37-38,40,44,47,56H,4-6,9,12-15,18,22-23,28,32-34,36,39,41-43,45-46,48-55H2,1-3H3/b10-7-,11-8-,19-16-,20-17-,24-21-,27-25-,30-29-,31-26-,38-35-,40-37-,47-44-/t56-/m0/s1. The monoisotopic (exact) mass is 897 g/mol. The fourth-order valence-electron chi connectivity index (χ4n) is 6.33. The van der Waals surface area contributed by atoms with Gasteiger partial charge in [-0.2, -0.15) is 0 Å². The molecule has 0 bridgehead atoms. The van der Waals surface area contributed by atoms with Crippen LogP contribution in [0.4, 0.5) is 0 Å². The maximum Gasteiger partial charge on any atom is 0.306 e. The van der Waals surface area contributed by atoms with Gasteiger partial charge in [-0.25, -0.2) is 0 Å². The molecule has 0 heterocycles. The van der Waals surface area contributed by atoms with Gasteiger partial charge in [0.25, 0.3) is 0 Å². The van der Waals surface area contributed by atoms with Crippen molar-refractivity contribution in [3.8, 4) is 0 Å². The van der Waals surface area contributed by atoms with Crippen molar-refractivity contribution in [1.29, 1.82) is 0 Å². The largest absolute Gasteiger partial charge is 0.462 e. The molecule has 0 saturated carbocycles. The van der Waals surface area contributed by atoms with Crippen LogP contribution in [0.3, 0.4) is 0 Å². The molecule has 0 radical (unpaired) electrons. The van der Waals surface area contributed by atoms with E-state index >= 15 is 0 Å². The van der Waals surface area contributed by atoms with Gasteiger partial charge in [-0.15, -0.1) is 0 Å². The van der Waals surface area contributed by atoms with Crippen LogP contribution in [0.25, 0.3) is 0 Å². The summed E-state index contributed by atoms with van der Waals surface area (Å²) in [4.78, 5) is 37.9. The Morgan fingerprint density at radius 3 is 1.05 bits per heavy atom. The Labute approximate surface area is 398 Å². The van der Waals surface area contributed by atoms with Gasteiger partial charge in [0.2, 0.25) is 0 Å². The van der Waals surface area contributed by atoms with E-state index in [1.807, 2.05) is 12.2 Å². The number of rotatable bonds is 44. The second-order valence-electron chi connectivity index (χ2n) is 16.3. The van der Waals surface area contributed by atoms with E-state index in [2.05, 4.69) is 142 Å². The molecule has 0 fully saturated rings. The third-order valence-electron chi connectivity index (χ3n) is 10.1. The molecule has 0 rings (SSSR count). The molecule has 1 atom stereocenters. The Morgan fingerprint density at radius 1 is 0.323 bits per heavy atom. The van der Waals surface area contributed by atoms with E-state index < -0.39 is 12.1 Å². The molecule has 0 spiro atoms. The number of ether oxygens (including phenoxy) is 3. The van der Waals surface area contributed by atoms with Gasteiger partial charge in [0.15, 0.2) is 6.10 Å². The second-order valence-corrected chi connectivity index (χ2v) is 16.3. The van der Waals surface area contributed by atoms with Gasteiger partial charge in [-0.05, 0) is 122 Å². The van der Waals surface area contributed by atoms with Crippen molar-refractivity contribution in [3.05, 3.63) is 134 Å². The summed E-state index contributed by atoms with van der Waals surface area (Å²) in [5.41, 5.74) is 0. The highest BCUT2D eigenvalue weighted by Crippen LogP contribution is 2.11.